The maximum Gasteiger partial charge on any atom is 0.0388 e. The van der Waals surface area contributed by atoms with Crippen LogP contribution in [-0.2, 0) is 6.54 Å². The maximum atomic E-state index is 3.80. The van der Waals surface area contributed by atoms with Crippen LogP contribution in [-0.4, -0.2) is 25.0 Å². The molecular formula is C19H32N2. The summed E-state index contributed by atoms with van der Waals surface area (Å²) in [6.45, 7) is 8.16. The second-order valence-electron chi connectivity index (χ2n) is 7.95. The SMILES string of the molecule is CN(C)Cc1ccccc1NC1CCC(C(C)(C)C)CC1. The number of nitrogens with zero attached hydrogens (tertiary/aromatic N) is 1. The quantitative estimate of drug-likeness (QED) is 0.859. The van der Waals surface area contributed by atoms with E-state index < -0.39 is 0 Å². The lowest BCUT2D eigenvalue weighted by atomic mass is 9.71. The zero-order chi connectivity index (χ0) is 15.5. The van der Waals surface area contributed by atoms with Gasteiger partial charge in [-0.2, -0.15) is 0 Å². The van der Waals surface area contributed by atoms with Crippen molar-refractivity contribution in [3.63, 3.8) is 0 Å². The van der Waals surface area contributed by atoms with Crippen LogP contribution in [0.3, 0.4) is 0 Å². The van der Waals surface area contributed by atoms with Crippen molar-refractivity contribution in [2.75, 3.05) is 19.4 Å². The molecule has 1 aromatic carbocycles. The zero-order valence-corrected chi connectivity index (χ0v) is 14.4. The van der Waals surface area contributed by atoms with E-state index in [1.807, 2.05) is 0 Å². The molecular weight excluding hydrogens is 256 g/mol. The van der Waals surface area contributed by atoms with Gasteiger partial charge in [-0.15, -0.1) is 0 Å². The summed E-state index contributed by atoms with van der Waals surface area (Å²) in [5.74, 6) is 0.882. The van der Waals surface area contributed by atoms with Gasteiger partial charge < -0.3 is 10.2 Å². The van der Waals surface area contributed by atoms with E-state index in [-0.39, 0.29) is 0 Å². The van der Waals surface area contributed by atoms with Crippen LogP contribution in [0.2, 0.25) is 0 Å². The summed E-state index contributed by atoms with van der Waals surface area (Å²) >= 11 is 0. The molecule has 1 aromatic rings. The van der Waals surface area contributed by atoms with Gasteiger partial charge in [0.15, 0.2) is 0 Å². The van der Waals surface area contributed by atoms with Crippen LogP contribution < -0.4 is 5.32 Å². The summed E-state index contributed by atoms with van der Waals surface area (Å²) < 4.78 is 0. The molecule has 2 heteroatoms. The molecule has 118 valence electrons. The van der Waals surface area contributed by atoms with E-state index in [2.05, 4.69) is 69.3 Å². The fourth-order valence-electron chi connectivity index (χ4n) is 3.46. The third kappa shape index (κ3) is 4.74. The second kappa shape index (κ2) is 6.83. The molecule has 0 unspecified atom stereocenters. The molecule has 1 fully saturated rings. The second-order valence-corrected chi connectivity index (χ2v) is 7.95. The van der Waals surface area contributed by atoms with Gasteiger partial charge in [0.1, 0.15) is 0 Å². The lowest BCUT2D eigenvalue weighted by Crippen LogP contribution is -2.32. The lowest BCUT2D eigenvalue weighted by molar-refractivity contribution is 0.173. The average Bonchev–Trinajstić information content (AvgIpc) is 2.40. The number of hydrogen-bond donors (Lipinski definition) is 1. The Morgan fingerprint density at radius 1 is 1.05 bits per heavy atom. The Hall–Kier alpha value is -1.02. The van der Waals surface area contributed by atoms with Crippen LogP contribution in [0.4, 0.5) is 5.69 Å². The molecule has 0 amide bonds. The van der Waals surface area contributed by atoms with Gasteiger partial charge in [0, 0.05) is 18.3 Å². The summed E-state index contributed by atoms with van der Waals surface area (Å²) in [6.07, 6.45) is 5.32. The zero-order valence-electron chi connectivity index (χ0n) is 14.4. The van der Waals surface area contributed by atoms with Gasteiger partial charge >= 0.3 is 0 Å². The number of hydrogen-bond acceptors (Lipinski definition) is 2. The van der Waals surface area contributed by atoms with Crippen molar-refractivity contribution in [3.05, 3.63) is 29.8 Å². The Balaban J connectivity index is 1.95. The van der Waals surface area contributed by atoms with Gasteiger partial charge in [0.05, 0.1) is 0 Å². The van der Waals surface area contributed by atoms with E-state index in [0.29, 0.717) is 11.5 Å². The first-order valence-corrected chi connectivity index (χ1v) is 8.35. The number of para-hydroxylation sites is 1. The molecule has 0 aliphatic heterocycles. The molecule has 1 N–H and O–H groups in total. The Labute approximate surface area is 130 Å². The number of nitrogens with one attached hydrogen (secondary N) is 1. The molecule has 0 spiro atoms. The van der Waals surface area contributed by atoms with E-state index in [4.69, 9.17) is 0 Å². The average molecular weight is 288 g/mol. The highest BCUT2D eigenvalue weighted by atomic mass is 15.1. The van der Waals surface area contributed by atoms with Crippen molar-refractivity contribution in [2.45, 2.75) is 59.0 Å². The van der Waals surface area contributed by atoms with E-state index >= 15 is 0 Å². The Morgan fingerprint density at radius 2 is 1.67 bits per heavy atom. The topological polar surface area (TPSA) is 15.3 Å². The van der Waals surface area contributed by atoms with Gasteiger partial charge in [-0.1, -0.05) is 39.0 Å². The van der Waals surface area contributed by atoms with Crippen molar-refractivity contribution in [1.29, 1.82) is 0 Å². The third-order valence-electron chi connectivity index (χ3n) is 4.82. The summed E-state index contributed by atoms with van der Waals surface area (Å²) in [6, 6.07) is 9.40. The molecule has 1 aliphatic carbocycles. The number of benzene rings is 1. The van der Waals surface area contributed by atoms with Gasteiger partial charge in [-0.05, 0) is 62.7 Å². The fourth-order valence-corrected chi connectivity index (χ4v) is 3.46. The van der Waals surface area contributed by atoms with Crippen molar-refractivity contribution >= 4 is 5.69 Å². The van der Waals surface area contributed by atoms with E-state index in [1.54, 1.807) is 0 Å². The van der Waals surface area contributed by atoms with E-state index in [1.165, 1.54) is 36.9 Å². The molecule has 2 nitrogen and oxygen atoms in total. The van der Waals surface area contributed by atoms with Crippen LogP contribution in [0.25, 0.3) is 0 Å². The van der Waals surface area contributed by atoms with Gasteiger partial charge in [0.2, 0.25) is 0 Å². The molecule has 0 atom stereocenters. The summed E-state index contributed by atoms with van der Waals surface area (Å²) in [4.78, 5) is 2.23. The van der Waals surface area contributed by atoms with Crippen LogP contribution >= 0.6 is 0 Å². The first kappa shape index (κ1) is 16.4. The van der Waals surface area contributed by atoms with E-state index in [9.17, 15) is 0 Å². The minimum Gasteiger partial charge on any atom is -0.382 e. The molecule has 0 aromatic heterocycles. The molecule has 0 saturated heterocycles. The van der Waals surface area contributed by atoms with Crippen molar-refractivity contribution < 1.29 is 0 Å². The third-order valence-corrected chi connectivity index (χ3v) is 4.82. The molecule has 0 bridgehead atoms. The monoisotopic (exact) mass is 288 g/mol. The highest BCUT2D eigenvalue weighted by Crippen LogP contribution is 2.38. The largest absolute Gasteiger partial charge is 0.382 e. The molecule has 21 heavy (non-hydrogen) atoms. The van der Waals surface area contributed by atoms with Crippen molar-refractivity contribution in [2.24, 2.45) is 11.3 Å². The standard InChI is InChI=1S/C19H32N2/c1-19(2,3)16-10-12-17(13-11-16)20-18-9-7-6-8-15(18)14-21(4)5/h6-9,16-17,20H,10-14H2,1-5H3. The van der Waals surface area contributed by atoms with Crippen LogP contribution in [0.15, 0.2) is 24.3 Å². The van der Waals surface area contributed by atoms with Gasteiger partial charge in [-0.3, -0.25) is 0 Å². The Kier molecular flexibility index (Phi) is 5.32. The summed E-state index contributed by atoms with van der Waals surface area (Å²) in [5.41, 5.74) is 3.19. The van der Waals surface area contributed by atoms with Crippen LogP contribution in [0.5, 0.6) is 0 Å². The lowest BCUT2D eigenvalue weighted by Gasteiger charge is -2.37. The Bertz CT molecular complexity index is 437. The highest BCUT2D eigenvalue weighted by molar-refractivity contribution is 5.51. The van der Waals surface area contributed by atoms with E-state index in [0.717, 1.165) is 12.5 Å². The summed E-state index contributed by atoms with van der Waals surface area (Å²) in [7, 11) is 4.26. The molecule has 1 saturated carbocycles. The number of anilines is 1. The van der Waals surface area contributed by atoms with Crippen molar-refractivity contribution in [3.8, 4) is 0 Å². The maximum absolute atomic E-state index is 3.80. The van der Waals surface area contributed by atoms with Crippen LogP contribution in [0, 0.1) is 11.3 Å². The minimum absolute atomic E-state index is 0.466. The highest BCUT2D eigenvalue weighted by Gasteiger charge is 2.29. The predicted octanol–water partition coefficient (Wildman–Crippen LogP) is 4.77. The van der Waals surface area contributed by atoms with Gasteiger partial charge in [0.25, 0.3) is 0 Å². The minimum atomic E-state index is 0.466. The fraction of sp³-hybridized carbons (Fsp3) is 0.684. The van der Waals surface area contributed by atoms with Gasteiger partial charge in [-0.25, -0.2) is 0 Å². The van der Waals surface area contributed by atoms with Crippen molar-refractivity contribution in [1.82, 2.24) is 4.90 Å². The van der Waals surface area contributed by atoms with Crippen LogP contribution in [0.1, 0.15) is 52.0 Å². The molecule has 0 heterocycles. The first-order valence-electron chi connectivity index (χ1n) is 8.35. The number of rotatable bonds is 4. The summed E-state index contributed by atoms with van der Waals surface area (Å²) in [5, 5.41) is 3.80. The smallest absolute Gasteiger partial charge is 0.0388 e. The first-order chi connectivity index (χ1) is 9.86. The molecule has 2 rings (SSSR count). The Morgan fingerprint density at radius 3 is 2.24 bits per heavy atom. The predicted molar refractivity (Wildman–Crippen MR) is 92.7 cm³/mol. The normalized spacial score (nSPS) is 23.3. The molecule has 1 aliphatic rings. The molecule has 0 radical (unpaired) electrons.